The molecule has 0 aliphatic rings. The Morgan fingerprint density at radius 3 is 3.00 bits per heavy atom. The molecule has 0 bridgehead atoms. The van der Waals surface area contributed by atoms with E-state index in [1.807, 2.05) is 29.2 Å². The zero-order chi connectivity index (χ0) is 11.7. The maximum Gasteiger partial charge on any atom is 0.0943 e. The zero-order valence-corrected chi connectivity index (χ0v) is 10.7. The molecule has 3 heterocycles. The highest BCUT2D eigenvalue weighted by Crippen LogP contribution is 2.23. The second-order valence-corrected chi connectivity index (χ2v) is 5.74. The van der Waals surface area contributed by atoms with Gasteiger partial charge in [0.25, 0.3) is 0 Å². The average molecular weight is 261 g/mol. The van der Waals surface area contributed by atoms with Crippen molar-refractivity contribution in [3.63, 3.8) is 0 Å². The van der Waals surface area contributed by atoms with E-state index in [1.54, 1.807) is 22.7 Å². The quantitative estimate of drug-likeness (QED) is 0.788. The van der Waals surface area contributed by atoms with Gasteiger partial charge in [-0.05, 0) is 23.1 Å². The van der Waals surface area contributed by atoms with Gasteiger partial charge < -0.3 is 5.73 Å². The van der Waals surface area contributed by atoms with E-state index in [4.69, 9.17) is 5.73 Å². The molecule has 86 valence electrons. The molecular weight excluding hydrogens is 250 g/mol. The van der Waals surface area contributed by atoms with E-state index < -0.39 is 0 Å². The maximum atomic E-state index is 6.18. The minimum absolute atomic E-state index is 0.0276. The third-order valence-corrected chi connectivity index (χ3v) is 4.29. The molecule has 0 amide bonds. The molecule has 0 fully saturated rings. The van der Waals surface area contributed by atoms with Gasteiger partial charge in [0.15, 0.2) is 0 Å². The number of thiophene rings is 1. The number of pyridine rings is 1. The molecule has 0 radical (unpaired) electrons. The fourth-order valence-electron chi connectivity index (χ4n) is 1.72. The van der Waals surface area contributed by atoms with Crippen LogP contribution in [0.15, 0.2) is 35.3 Å². The van der Waals surface area contributed by atoms with Crippen molar-refractivity contribution in [2.75, 3.05) is 0 Å². The van der Waals surface area contributed by atoms with Gasteiger partial charge in [-0.2, -0.15) is 0 Å². The molecule has 0 saturated carbocycles. The summed E-state index contributed by atoms with van der Waals surface area (Å²) in [5.74, 6) is 0. The first-order valence-electron chi connectivity index (χ1n) is 5.30. The van der Waals surface area contributed by atoms with Gasteiger partial charge in [0, 0.05) is 30.2 Å². The molecule has 3 aromatic rings. The summed E-state index contributed by atoms with van der Waals surface area (Å²) in [5, 5.41) is 5.10. The Balaban J connectivity index is 1.87. The molecule has 0 saturated heterocycles. The van der Waals surface area contributed by atoms with Gasteiger partial charge in [0.1, 0.15) is 0 Å². The standard InChI is InChI=1S/C12H11N3S2/c13-9(6-12-14-2-4-17-12)8-5-11-10(15-7-8)1-3-16-11/h1-5,7,9H,6,13H2. The number of thiazole rings is 1. The zero-order valence-electron chi connectivity index (χ0n) is 9.04. The Hall–Kier alpha value is -1.30. The highest BCUT2D eigenvalue weighted by Gasteiger charge is 2.10. The van der Waals surface area contributed by atoms with Crippen molar-refractivity contribution in [3.05, 3.63) is 45.9 Å². The topological polar surface area (TPSA) is 51.8 Å². The summed E-state index contributed by atoms with van der Waals surface area (Å²) in [6.45, 7) is 0. The summed E-state index contributed by atoms with van der Waals surface area (Å²) in [5.41, 5.74) is 8.30. The molecule has 3 aromatic heterocycles. The molecule has 1 atom stereocenters. The van der Waals surface area contributed by atoms with Crippen molar-refractivity contribution in [1.82, 2.24) is 9.97 Å². The van der Waals surface area contributed by atoms with E-state index in [-0.39, 0.29) is 6.04 Å². The van der Waals surface area contributed by atoms with Crippen LogP contribution in [0.25, 0.3) is 10.2 Å². The van der Waals surface area contributed by atoms with Crippen LogP contribution in [0.5, 0.6) is 0 Å². The van der Waals surface area contributed by atoms with Crippen LogP contribution in [0.4, 0.5) is 0 Å². The monoisotopic (exact) mass is 261 g/mol. The first-order valence-corrected chi connectivity index (χ1v) is 7.06. The van der Waals surface area contributed by atoms with Crippen LogP contribution in [-0.2, 0) is 6.42 Å². The van der Waals surface area contributed by atoms with Crippen LogP contribution in [-0.4, -0.2) is 9.97 Å². The Labute approximate surface area is 107 Å². The maximum absolute atomic E-state index is 6.18. The van der Waals surface area contributed by atoms with Gasteiger partial charge in [0.2, 0.25) is 0 Å². The normalized spacial score (nSPS) is 13.0. The van der Waals surface area contributed by atoms with Crippen molar-refractivity contribution in [2.45, 2.75) is 12.5 Å². The fourth-order valence-corrected chi connectivity index (χ4v) is 3.19. The molecule has 0 spiro atoms. The van der Waals surface area contributed by atoms with E-state index in [2.05, 4.69) is 16.0 Å². The van der Waals surface area contributed by atoms with Crippen LogP contribution < -0.4 is 5.73 Å². The highest BCUT2D eigenvalue weighted by molar-refractivity contribution is 7.17. The van der Waals surface area contributed by atoms with Crippen LogP contribution >= 0.6 is 22.7 Å². The largest absolute Gasteiger partial charge is 0.324 e. The van der Waals surface area contributed by atoms with Gasteiger partial charge in [-0.25, -0.2) is 4.98 Å². The van der Waals surface area contributed by atoms with Gasteiger partial charge in [-0.15, -0.1) is 22.7 Å². The van der Waals surface area contributed by atoms with Crippen molar-refractivity contribution < 1.29 is 0 Å². The summed E-state index contributed by atoms with van der Waals surface area (Å²) < 4.78 is 1.19. The fraction of sp³-hybridized carbons (Fsp3) is 0.167. The molecule has 0 aliphatic heterocycles. The number of hydrogen-bond acceptors (Lipinski definition) is 5. The van der Waals surface area contributed by atoms with E-state index >= 15 is 0 Å². The Kier molecular flexibility index (Phi) is 2.88. The molecule has 5 heteroatoms. The first kappa shape index (κ1) is 10.8. The summed E-state index contributed by atoms with van der Waals surface area (Å²) in [4.78, 5) is 8.66. The Bertz CT molecular complexity index is 616. The molecule has 17 heavy (non-hydrogen) atoms. The average Bonchev–Trinajstić information content (AvgIpc) is 2.97. The third kappa shape index (κ3) is 2.22. The van der Waals surface area contributed by atoms with E-state index in [0.29, 0.717) is 0 Å². The third-order valence-electron chi connectivity index (χ3n) is 2.63. The molecule has 3 nitrogen and oxygen atoms in total. The first-order chi connectivity index (χ1) is 8.33. The van der Waals surface area contributed by atoms with Crippen LogP contribution in [0.1, 0.15) is 16.6 Å². The predicted octanol–water partition coefficient (Wildman–Crippen LogP) is 3.00. The predicted molar refractivity (Wildman–Crippen MR) is 72.4 cm³/mol. The summed E-state index contributed by atoms with van der Waals surface area (Å²) >= 11 is 3.34. The summed E-state index contributed by atoms with van der Waals surface area (Å²) in [7, 11) is 0. The lowest BCUT2D eigenvalue weighted by molar-refractivity contribution is 0.716. The number of nitrogens with two attached hydrogens (primary N) is 1. The Morgan fingerprint density at radius 1 is 1.24 bits per heavy atom. The summed E-state index contributed by atoms with van der Waals surface area (Å²) in [6, 6.07) is 4.13. The molecular formula is C12H11N3S2. The number of aromatic nitrogens is 2. The lowest BCUT2D eigenvalue weighted by Crippen LogP contribution is -2.13. The number of rotatable bonds is 3. The molecule has 2 N–H and O–H groups in total. The second kappa shape index (κ2) is 4.52. The number of hydrogen-bond donors (Lipinski definition) is 1. The van der Waals surface area contributed by atoms with Crippen molar-refractivity contribution in [2.24, 2.45) is 5.73 Å². The second-order valence-electron chi connectivity index (χ2n) is 3.81. The SMILES string of the molecule is NC(Cc1nccs1)c1cnc2ccsc2c1. The van der Waals surface area contributed by atoms with Crippen LogP contribution in [0.3, 0.4) is 0 Å². The van der Waals surface area contributed by atoms with Gasteiger partial charge in [-0.3, -0.25) is 4.98 Å². The van der Waals surface area contributed by atoms with E-state index in [1.165, 1.54) is 4.70 Å². The van der Waals surface area contributed by atoms with Crippen molar-refractivity contribution in [3.8, 4) is 0 Å². The number of nitrogens with zero attached hydrogens (tertiary/aromatic N) is 2. The van der Waals surface area contributed by atoms with Crippen LogP contribution in [0, 0.1) is 0 Å². The Morgan fingerprint density at radius 2 is 2.18 bits per heavy atom. The minimum Gasteiger partial charge on any atom is -0.324 e. The van der Waals surface area contributed by atoms with Gasteiger partial charge >= 0.3 is 0 Å². The van der Waals surface area contributed by atoms with E-state index in [9.17, 15) is 0 Å². The van der Waals surface area contributed by atoms with Crippen molar-refractivity contribution >= 4 is 32.9 Å². The van der Waals surface area contributed by atoms with E-state index in [0.717, 1.165) is 22.5 Å². The summed E-state index contributed by atoms with van der Waals surface area (Å²) in [6.07, 6.45) is 4.46. The lowest BCUT2D eigenvalue weighted by Gasteiger charge is -2.09. The molecule has 3 rings (SSSR count). The number of fused-ring (bicyclic) bond motifs is 1. The smallest absolute Gasteiger partial charge is 0.0943 e. The minimum atomic E-state index is -0.0276. The molecule has 0 aliphatic carbocycles. The molecule has 0 aromatic carbocycles. The van der Waals surface area contributed by atoms with Gasteiger partial charge in [0.05, 0.1) is 15.2 Å². The van der Waals surface area contributed by atoms with Crippen LogP contribution in [0.2, 0.25) is 0 Å². The highest BCUT2D eigenvalue weighted by atomic mass is 32.1. The lowest BCUT2D eigenvalue weighted by atomic mass is 10.1. The van der Waals surface area contributed by atoms with Gasteiger partial charge in [-0.1, -0.05) is 0 Å². The molecule has 1 unspecified atom stereocenters. The van der Waals surface area contributed by atoms with Crippen molar-refractivity contribution in [1.29, 1.82) is 0 Å².